The van der Waals surface area contributed by atoms with Crippen LogP contribution in [0.3, 0.4) is 0 Å². The summed E-state index contributed by atoms with van der Waals surface area (Å²) in [5, 5.41) is 8.90. The predicted molar refractivity (Wildman–Crippen MR) is 71.6 cm³/mol. The molecule has 2 N–H and O–H groups in total. The molecule has 0 saturated heterocycles. The molecule has 0 unspecified atom stereocenters. The first-order chi connectivity index (χ1) is 9.72. The maximum Gasteiger partial charge on any atom is 0.337 e. The first-order valence-electron chi connectivity index (χ1n) is 5.98. The number of nitrogens with zero attached hydrogens (tertiary/aromatic N) is 2. The number of benzene rings is 1. The second-order valence-corrected chi connectivity index (χ2v) is 4.19. The Kier molecular flexibility index (Phi) is 3.04. The van der Waals surface area contributed by atoms with Gasteiger partial charge in [0.15, 0.2) is 5.65 Å². The number of aromatic carboxylic acids is 1. The minimum absolute atomic E-state index is 0.122. The number of carboxylic acid groups (broad SMARTS) is 1. The van der Waals surface area contributed by atoms with Crippen molar-refractivity contribution in [3.05, 3.63) is 54.0 Å². The Morgan fingerprint density at radius 1 is 1.30 bits per heavy atom. The number of aromatic amines is 1. The molecule has 3 rings (SSSR count). The highest BCUT2D eigenvalue weighted by atomic mass is 16.5. The molecular weight excluding hydrogens is 258 g/mol. The number of nitrogens with one attached hydrogen (secondary N) is 1. The molecule has 6 nitrogen and oxygen atoms in total. The largest absolute Gasteiger partial charge is 0.486 e. The van der Waals surface area contributed by atoms with E-state index in [0.29, 0.717) is 17.0 Å². The number of hydrogen-bond acceptors (Lipinski definition) is 4. The van der Waals surface area contributed by atoms with Crippen LogP contribution in [0.5, 0.6) is 5.75 Å². The number of rotatable bonds is 4. The number of aromatic nitrogens is 3. The Morgan fingerprint density at radius 3 is 2.85 bits per heavy atom. The van der Waals surface area contributed by atoms with E-state index in [2.05, 4.69) is 15.0 Å². The van der Waals surface area contributed by atoms with Crippen LogP contribution < -0.4 is 4.74 Å². The molecule has 20 heavy (non-hydrogen) atoms. The van der Waals surface area contributed by atoms with Crippen molar-refractivity contribution in [1.29, 1.82) is 0 Å². The first kappa shape index (κ1) is 12.2. The number of imidazole rings is 1. The third kappa shape index (κ3) is 2.44. The van der Waals surface area contributed by atoms with Gasteiger partial charge in [-0.05, 0) is 18.2 Å². The summed E-state index contributed by atoms with van der Waals surface area (Å²) in [6.07, 6.45) is 1.29. The second kappa shape index (κ2) is 5.00. The molecule has 0 aliphatic heterocycles. The van der Waals surface area contributed by atoms with Gasteiger partial charge >= 0.3 is 5.97 Å². The molecule has 0 amide bonds. The average molecular weight is 269 g/mol. The number of pyridine rings is 1. The van der Waals surface area contributed by atoms with E-state index in [1.165, 1.54) is 12.3 Å². The smallest absolute Gasteiger partial charge is 0.337 e. The number of carbonyl (C=O) groups is 1. The molecule has 0 fully saturated rings. The Balaban J connectivity index is 1.80. The predicted octanol–water partition coefficient (Wildman–Crippen LogP) is 2.24. The maximum atomic E-state index is 10.9. The standard InChI is InChI=1S/C14H11N3O3/c18-14(19)9-6-11-13(15-7-9)17-12(16-11)8-20-10-4-2-1-3-5-10/h1-7H,8H2,(H,18,19)(H,15,16,17). The van der Waals surface area contributed by atoms with Gasteiger partial charge in [0.2, 0.25) is 0 Å². The van der Waals surface area contributed by atoms with E-state index in [9.17, 15) is 4.79 Å². The lowest BCUT2D eigenvalue weighted by atomic mass is 10.3. The second-order valence-electron chi connectivity index (χ2n) is 4.19. The highest BCUT2D eigenvalue weighted by molar-refractivity contribution is 5.90. The van der Waals surface area contributed by atoms with Crippen molar-refractivity contribution in [2.75, 3.05) is 0 Å². The number of para-hydroxylation sites is 1. The number of carboxylic acids is 1. The SMILES string of the molecule is O=C(O)c1cnc2nc(COc3ccccc3)[nH]c2c1. The minimum Gasteiger partial charge on any atom is -0.486 e. The molecule has 2 aromatic heterocycles. The van der Waals surface area contributed by atoms with E-state index in [4.69, 9.17) is 9.84 Å². The third-order valence-electron chi connectivity index (χ3n) is 2.75. The van der Waals surface area contributed by atoms with Gasteiger partial charge in [-0.1, -0.05) is 18.2 Å². The summed E-state index contributed by atoms with van der Waals surface area (Å²) >= 11 is 0. The number of fused-ring (bicyclic) bond motifs is 1. The molecule has 0 saturated carbocycles. The van der Waals surface area contributed by atoms with Crippen molar-refractivity contribution < 1.29 is 14.6 Å². The van der Waals surface area contributed by atoms with Crippen LogP contribution in [0.25, 0.3) is 11.2 Å². The fourth-order valence-electron chi connectivity index (χ4n) is 1.80. The maximum absolute atomic E-state index is 10.9. The molecular formula is C14H11N3O3. The van der Waals surface area contributed by atoms with Gasteiger partial charge in [-0.15, -0.1) is 0 Å². The third-order valence-corrected chi connectivity index (χ3v) is 2.75. The Morgan fingerprint density at radius 2 is 2.10 bits per heavy atom. The van der Waals surface area contributed by atoms with Crippen LogP contribution in [0.4, 0.5) is 0 Å². The van der Waals surface area contributed by atoms with Gasteiger partial charge in [-0.25, -0.2) is 14.8 Å². The van der Waals surface area contributed by atoms with E-state index in [0.717, 1.165) is 5.75 Å². The molecule has 0 atom stereocenters. The molecule has 1 aromatic carbocycles. The monoisotopic (exact) mass is 269 g/mol. The zero-order valence-electron chi connectivity index (χ0n) is 10.4. The van der Waals surface area contributed by atoms with Crippen LogP contribution in [-0.4, -0.2) is 26.0 Å². The van der Waals surface area contributed by atoms with Crippen molar-refractivity contribution in [1.82, 2.24) is 15.0 Å². The van der Waals surface area contributed by atoms with E-state index >= 15 is 0 Å². The van der Waals surface area contributed by atoms with Crippen LogP contribution in [-0.2, 0) is 6.61 Å². The quantitative estimate of drug-likeness (QED) is 0.758. The lowest BCUT2D eigenvalue weighted by Gasteiger charge is -2.02. The molecule has 6 heteroatoms. The van der Waals surface area contributed by atoms with Gasteiger partial charge < -0.3 is 14.8 Å². The molecule has 0 aliphatic carbocycles. The summed E-state index contributed by atoms with van der Waals surface area (Å²) in [6.45, 7) is 0.267. The average Bonchev–Trinajstić information content (AvgIpc) is 2.88. The van der Waals surface area contributed by atoms with Crippen molar-refractivity contribution in [3.8, 4) is 5.75 Å². The van der Waals surface area contributed by atoms with Crippen molar-refractivity contribution in [2.45, 2.75) is 6.61 Å². The summed E-state index contributed by atoms with van der Waals surface area (Å²) in [6, 6.07) is 10.9. The van der Waals surface area contributed by atoms with Gasteiger partial charge in [-0.2, -0.15) is 0 Å². The normalized spacial score (nSPS) is 10.6. The zero-order valence-corrected chi connectivity index (χ0v) is 10.4. The summed E-state index contributed by atoms with van der Waals surface area (Å²) in [5.41, 5.74) is 1.18. The van der Waals surface area contributed by atoms with Crippen LogP contribution in [0.15, 0.2) is 42.6 Å². The van der Waals surface area contributed by atoms with Gasteiger partial charge in [0.1, 0.15) is 18.2 Å². The first-order valence-corrected chi connectivity index (χ1v) is 5.98. The summed E-state index contributed by atoms with van der Waals surface area (Å²) in [5.74, 6) is 0.321. The lowest BCUT2D eigenvalue weighted by molar-refractivity contribution is 0.0696. The minimum atomic E-state index is -1.02. The van der Waals surface area contributed by atoms with E-state index in [1.54, 1.807) is 0 Å². The molecule has 0 bridgehead atoms. The highest BCUT2D eigenvalue weighted by Gasteiger charge is 2.09. The number of hydrogen-bond donors (Lipinski definition) is 2. The van der Waals surface area contributed by atoms with Crippen LogP contribution in [0.1, 0.15) is 16.2 Å². The summed E-state index contributed by atoms with van der Waals surface area (Å²) in [4.78, 5) is 22.1. The van der Waals surface area contributed by atoms with E-state index in [-0.39, 0.29) is 12.2 Å². The highest BCUT2D eigenvalue weighted by Crippen LogP contribution is 2.14. The number of H-pyrrole nitrogens is 1. The molecule has 100 valence electrons. The topological polar surface area (TPSA) is 88.1 Å². The molecule has 2 heterocycles. The van der Waals surface area contributed by atoms with E-state index < -0.39 is 5.97 Å². The summed E-state index contributed by atoms with van der Waals surface area (Å²) < 4.78 is 5.56. The summed E-state index contributed by atoms with van der Waals surface area (Å²) in [7, 11) is 0. The van der Waals surface area contributed by atoms with E-state index in [1.807, 2.05) is 30.3 Å². The van der Waals surface area contributed by atoms with Crippen molar-refractivity contribution in [3.63, 3.8) is 0 Å². The van der Waals surface area contributed by atoms with Crippen LogP contribution >= 0.6 is 0 Å². The molecule has 0 radical (unpaired) electrons. The Labute approximate surface area is 114 Å². The number of ether oxygens (including phenoxy) is 1. The van der Waals surface area contributed by atoms with Crippen LogP contribution in [0, 0.1) is 0 Å². The van der Waals surface area contributed by atoms with Crippen LogP contribution in [0.2, 0.25) is 0 Å². The fourth-order valence-corrected chi connectivity index (χ4v) is 1.80. The van der Waals surface area contributed by atoms with Crippen molar-refractivity contribution >= 4 is 17.1 Å². The Bertz CT molecular complexity index is 753. The Hall–Kier alpha value is -2.89. The van der Waals surface area contributed by atoms with Gasteiger partial charge in [-0.3, -0.25) is 0 Å². The zero-order chi connectivity index (χ0) is 13.9. The fraction of sp³-hybridized carbons (Fsp3) is 0.0714. The molecule has 0 aliphatic rings. The van der Waals surface area contributed by atoms with Gasteiger partial charge in [0.05, 0.1) is 11.1 Å². The lowest BCUT2D eigenvalue weighted by Crippen LogP contribution is -1.97. The molecule has 0 spiro atoms. The molecule has 3 aromatic rings. The van der Waals surface area contributed by atoms with Crippen molar-refractivity contribution in [2.24, 2.45) is 0 Å². The van der Waals surface area contributed by atoms with Gasteiger partial charge in [0.25, 0.3) is 0 Å². The van der Waals surface area contributed by atoms with Gasteiger partial charge in [0, 0.05) is 6.20 Å².